The zero-order chi connectivity index (χ0) is 15.5. The highest BCUT2D eigenvalue weighted by Gasteiger charge is 2.23. The van der Waals surface area contributed by atoms with Gasteiger partial charge in [0.2, 0.25) is 5.88 Å². The number of carbonyl (C=O) groups is 1. The normalized spacial score (nSPS) is 17.0. The van der Waals surface area contributed by atoms with Crippen LogP contribution in [0.15, 0.2) is 19.0 Å². The molecule has 3 rings (SSSR count). The van der Waals surface area contributed by atoms with Crippen LogP contribution in [0.5, 0.6) is 5.88 Å². The first kappa shape index (κ1) is 15.0. The third-order valence-electron chi connectivity index (χ3n) is 3.84. The molecule has 0 fully saturated rings. The van der Waals surface area contributed by atoms with Crippen LogP contribution in [0.2, 0.25) is 0 Å². The lowest BCUT2D eigenvalue weighted by molar-refractivity contribution is -0.122. The summed E-state index contributed by atoms with van der Waals surface area (Å²) in [5, 5.41) is 3.68. The monoisotopic (exact) mass is 317 g/mol. The van der Waals surface area contributed by atoms with Crippen molar-refractivity contribution in [3.8, 4) is 5.88 Å². The fourth-order valence-electron chi connectivity index (χ4n) is 2.73. The molecular weight excluding hydrogens is 298 g/mol. The van der Waals surface area contributed by atoms with Crippen LogP contribution in [0.3, 0.4) is 0 Å². The molecule has 0 saturated heterocycles. The molecule has 5 nitrogen and oxygen atoms in total. The Labute approximate surface area is 133 Å². The van der Waals surface area contributed by atoms with Crippen molar-refractivity contribution < 1.29 is 9.53 Å². The number of nitrogens with one attached hydrogen (secondary N) is 1. The quantitative estimate of drug-likeness (QED) is 0.861. The van der Waals surface area contributed by atoms with Gasteiger partial charge in [-0.25, -0.2) is 9.97 Å². The molecule has 0 aliphatic heterocycles. The summed E-state index contributed by atoms with van der Waals surface area (Å²) in [5.41, 5.74) is 1.31. The second kappa shape index (κ2) is 6.44. The molecule has 0 unspecified atom stereocenters. The average Bonchev–Trinajstić information content (AvgIpc) is 2.88. The summed E-state index contributed by atoms with van der Waals surface area (Å²) in [4.78, 5) is 22.6. The minimum atomic E-state index is -0.176. The first-order chi connectivity index (χ1) is 10.7. The number of nitrogens with zero attached hydrogens (tertiary/aromatic N) is 2. The van der Waals surface area contributed by atoms with E-state index >= 15 is 0 Å². The van der Waals surface area contributed by atoms with Gasteiger partial charge in [0.15, 0.2) is 6.61 Å². The predicted molar refractivity (Wildman–Crippen MR) is 87.3 cm³/mol. The first-order valence-corrected chi connectivity index (χ1v) is 8.26. The molecule has 1 aliphatic carbocycles. The molecule has 1 N–H and O–H groups in total. The summed E-state index contributed by atoms with van der Waals surface area (Å²) in [7, 11) is 0. The summed E-state index contributed by atoms with van der Waals surface area (Å²) >= 11 is 1.72. The number of hydrogen-bond donors (Lipinski definition) is 1. The number of rotatable bonds is 5. The smallest absolute Gasteiger partial charge is 0.258 e. The van der Waals surface area contributed by atoms with Crippen LogP contribution in [0, 0.1) is 5.92 Å². The topological polar surface area (TPSA) is 64.1 Å². The number of aromatic nitrogens is 2. The molecule has 2 aromatic rings. The van der Waals surface area contributed by atoms with Gasteiger partial charge in [-0.15, -0.1) is 17.9 Å². The van der Waals surface area contributed by atoms with Gasteiger partial charge in [-0.05, 0) is 30.7 Å². The number of fused-ring (bicyclic) bond motifs is 3. The molecule has 1 atom stereocenters. The molecule has 0 radical (unpaired) electrons. The average molecular weight is 317 g/mol. The summed E-state index contributed by atoms with van der Waals surface area (Å²) in [6.07, 6.45) is 6.44. The van der Waals surface area contributed by atoms with Crippen molar-refractivity contribution in [2.24, 2.45) is 5.92 Å². The fourth-order valence-corrected chi connectivity index (χ4v) is 4.07. The van der Waals surface area contributed by atoms with Gasteiger partial charge in [0.25, 0.3) is 5.91 Å². The van der Waals surface area contributed by atoms with E-state index in [2.05, 4.69) is 28.8 Å². The van der Waals surface area contributed by atoms with Gasteiger partial charge in [-0.3, -0.25) is 4.79 Å². The molecule has 6 heteroatoms. The van der Waals surface area contributed by atoms with Gasteiger partial charge in [0.1, 0.15) is 11.2 Å². The Bertz CT molecular complexity index is 711. The van der Waals surface area contributed by atoms with Crippen molar-refractivity contribution in [2.75, 3.05) is 13.2 Å². The van der Waals surface area contributed by atoms with E-state index in [1.165, 1.54) is 23.2 Å². The van der Waals surface area contributed by atoms with E-state index < -0.39 is 0 Å². The molecule has 0 spiro atoms. The molecule has 1 aliphatic rings. The molecule has 22 heavy (non-hydrogen) atoms. The van der Waals surface area contributed by atoms with E-state index in [1.807, 2.05) is 0 Å². The van der Waals surface area contributed by atoms with Crippen LogP contribution in [0.1, 0.15) is 23.8 Å². The maximum atomic E-state index is 11.7. The SMILES string of the molecule is C=CCNC(=O)COc1ncnc2sc3c(c12)CC[C@H](C)C3. The van der Waals surface area contributed by atoms with Crippen LogP contribution in [-0.4, -0.2) is 29.0 Å². The van der Waals surface area contributed by atoms with Gasteiger partial charge >= 0.3 is 0 Å². The Kier molecular flexibility index (Phi) is 4.38. The zero-order valence-corrected chi connectivity index (χ0v) is 13.4. The number of carbonyl (C=O) groups excluding carboxylic acids is 1. The fraction of sp³-hybridized carbons (Fsp3) is 0.438. The Morgan fingerprint density at radius 2 is 2.45 bits per heavy atom. The Hall–Kier alpha value is -1.95. The standard InChI is InChI=1S/C16H19N3O2S/c1-3-6-17-13(20)8-21-15-14-11-5-4-10(2)7-12(11)22-16(14)19-9-18-15/h3,9-10H,1,4-8H2,2H3,(H,17,20)/t10-/m0/s1. The number of amides is 1. The van der Waals surface area contributed by atoms with Crippen molar-refractivity contribution in [1.82, 2.24) is 15.3 Å². The first-order valence-electron chi connectivity index (χ1n) is 7.44. The Balaban J connectivity index is 1.84. The van der Waals surface area contributed by atoms with E-state index in [9.17, 15) is 4.79 Å². The molecule has 0 bridgehead atoms. The number of aryl methyl sites for hydroxylation is 1. The molecule has 0 aromatic carbocycles. The second-order valence-electron chi connectivity index (χ2n) is 5.59. The van der Waals surface area contributed by atoms with Crippen molar-refractivity contribution >= 4 is 27.5 Å². The van der Waals surface area contributed by atoms with E-state index in [1.54, 1.807) is 17.4 Å². The summed E-state index contributed by atoms with van der Waals surface area (Å²) < 4.78 is 5.64. The maximum absolute atomic E-state index is 11.7. The van der Waals surface area contributed by atoms with Gasteiger partial charge in [-0.1, -0.05) is 13.0 Å². The predicted octanol–water partition coefficient (Wildman–Crippen LogP) is 2.50. The van der Waals surface area contributed by atoms with E-state index in [-0.39, 0.29) is 12.5 Å². The van der Waals surface area contributed by atoms with Gasteiger partial charge in [-0.2, -0.15) is 0 Å². The highest BCUT2D eigenvalue weighted by Crippen LogP contribution is 2.40. The lowest BCUT2D eigenvalue weighted by Crippen LogP contribution is -2.29. The minimum absolute atomic E-state index is 0.0407. The summed E-state index contributed by atoms with van der Waals surface area (Å²) in [6, 6.07) is 0. The summed E-state index contributed by atoms with van der Waals surface area (Å²) in [5.74, 6) is 1.05. The van der Waals surface area contributed by atoms with Crippen molar-refractivity contribution in [1.29, 1.82) is 0 Å². The third-order valence-corrected chi connectivity index (χ3v) is 5.00. The Morgan fingerprint density at radius 3 is 3.27 bits per heavy atom. The van der Waals surface area contributed by atoms with E-state index in [0.717, 1.165) is 23.1 Å². The molecule has 2 aromatic heterocycles. The lowest BCUT2D eigenvalue weighted by Gasteiger charge is -2.18. The van der Waals surface area contributed by atoms with Crippen LogP contribution in [-0.2, 0) is 17.6 Å². The van der Waals surface area contributed by atoms with Crippen molar-refractivity contribution in [3.63, 3.8) is 0 Å². The van der Waals surface area contributed by atoms with Crippen LogP contribution in [0.4, 0.5) is 0 Å². The molecular formula is C16H19N3O2S. The number of hydrogen-bond acceptors (Lipinski definition) is 5. The molecule has 2 heterocycles. The summed E-state index contributed by atoms with van der Waals surface area (Å²) in [6.45, 7) is 6.24. The third kappa shape index (κ3) is 2.97. The molecule has 0 saturated carbocycles. The minimum Gasteiger partial charge on any atom is -0.467 e. The maximum Gasteiger partial charge on any atom is 0.258 e. The van der Waals surface area contributed by atoms with Crippen molar-refractivity contribution in [2.45, 2.75) is 26.2 Å². The van der Waals surface area contributed by atoms with Crippen molar-refractivity contribution in [3.05, 3.63) is 29.4 Å². The Morgan fingerprint density at radius 1 is 1.59 bits per heavy atom. The van der Waals surface area contributed by atoms with Crippen LogP contribution < -0.4 is 10.1 Å². The van der Waals surface area contributed by atoms with Crippen LogP contribution >= 0.6 is 11.3 Å². The zero-order valence-electron chi connectivity index (χ0n) is 12.6. The second-order valence-corrected chi connectivity index (χ2v) is 6.68. The number of ether oxygens (including phenoxy) is 1. The van der Waals surface area contributed by atoms with E-state index in [4.69, 9.17) is 4.74 Å². The lowest BCUT2D eigenvalue weighted by atomic mass is 9.89. The molecule has 116 valence electrons. The highest BCUT2D eigenvalue weighted by molar-refractivity contribution is 7.18. The highest BCUT2D eigenvalue weighted by atomic mass is 32.1. The van der Waals surface area contributed by atoms with Gasteiger partial charge < -0.3 is 10.1 Å². The van der Waals surface area contributed by atoms with E-state index in [0.29, 0.717) is 18.3 Å². The largest absolute Gasteiger partial charge is 0.467 e. The van der Waals surface area contributed by atoms with Crippen LogP contribution in [0.25, 0.3) is 10.2 Å². The molecule has 1 amide bonds. The number of thiophene rings is 1. The van der Waals surface area contributed by atoms with Gasteiger partial charge in [0, 0.05) is 11.4 Å². The van der Waals surface area contributed by atoms with Gasteiger partial charge in [0.05, 0.1) is 5.39 Å².